The molecule has 3 nitrogen and oxygen atoms in total. The van der Waals surface area contributed by atoms with Gasteiger partial charge in [0.25, 0.3) is 0 Å². The van der Waals surface area contributed by atoms with Gasteiger partial charge in [-0.15, -0.1) is 12.4 Å². The lowest BCUT2D eigenvalue weighted by atomic mass is 9.51. The number of rotatable bonds is 2. The van der Waals surface area contributed by atoms with Gasteiger partial charge in [-0.3, -0.25) is 4.79 Å². The van der Waals surface area contributed by atoms with Crippen LogP contribution in [0.25, 0.3) is 0 Å². The standard InChI is InChI=1S/C15H24N2O.ClH/c1-17(13-7-16-8-13)15(18)14-11-3-9-2-10(5-11)6-12(14)4-9;/h9-14,16H,2-8H2,1H3;1H. The number of likely N-dealkylation sites (N-methyl/N-ethyl adjacent to an activating group) is 1. The normalized spacial score (nSPS) is 43.5. The first-order valence-electron chi connectivity index (χ1n) is 7.69. The number of nitrogens with zero attached hydrogens (tertiary/aromatic N) is 1. The summed E-state index contributed by atoms with van der Waals surface area (Å²) in [7, 11) is 2.03. The molecule has 0 aromatic heterocycles. The van der Waals surface area contributed by atoms with E-state index < -0.39 is 0 Å². The zero-order valence-electron chi connectivity index (χ0n) is 11.7. The van der Waals surface area contributed by atoms with E-state index in [9.17, 15) is 4.79 Å². The van der Waals surface area contributed by atoms with E-state index in [1.165, 1.54) is 32.1 Å². The Kier molecular flexibility index (Phi) is 3.55. The summed E-state index contributed by atoms with van der Waals surface area (Å²) >= 11 is 0. The summed E-state index contributed by atoms with van der Waals surface area (Å²) in [5.74, 6) is 4.23. The zero-order valence-corrected chi connectivity index (χ0v) is 12.5. The van der Waals surface area contributed by atoms with Gasteiger partial charge in [0.15, 0.2) is 0 Å². The Balaban J connectivity index is 0.00000110. The molecule has 0 radical (unpaired) electrons. The van der Waals surface area contributed by atoms with Gasteiger partial charge in [-0.05, 0) is 55.8 Å². The molecule has 0 aromatic rings. The molecule has 1 heterocycles. The minimum atomic E-state index is 0. The van der Waals surface area contributed by atoms with Crippen molar-refractivity contribution in [2.24, 2.45) is 29.6 Å². The average molecular weight is 285 g/mol. The Bertz CT molecular complexity index is 341. The van der Waals surface area contributed by atoms with E-state index in [4.69, 9.17) is 0 Å². The van der Waals surface area contributed by atoms with Crippen LogP contribution in [0.3, 0.4) is 0 Å². The molecule has 1 amide bonds. The van der Waals surface area contributed by atoms with Gasteiger partial charge in [0.1, 0.15) is 0 Å². The van der Waals surface area contributed by atoms with Crippen molar-refractivity contribution in [3.8, 4) is 0 Å². The molecule has 108 valence electrons. The molecule has 4 bridgehead atoms. The summed E-state index contributed by atoms with van der Waals surface area (Å²) in [6.07, 6.45) is 6.86. The van der Waals surface area contributed by atoms with E-state index in [0.29, 0.717) is 17.9 Å². The molecule has 0 unspecified atom stereocenters. The van der Waals surface area contributed by atoms with Gasteiger partial charge in [-0.1, -0.05) is 0 Å². The second-order valence-electron chi connectivity index (χ2n) is 7.22. The molecular formula is C15H25ClN2O. The van der Waals surface area contributed by atoms with Crippen LogP contribution in [0.2, 0.25) is 0 Å². The fourth-order valence-electron chi connectivity index (χ4n) is 5.29. The van der Waals surface area contributed by atoms with Crippen LogP contribution in [-0.4, -0.2) is 37.0 Å². The molecule has 4 heteroatoms. The van der Waals surface area contributed by atoms with Crippen molar-refractivity contribution in [1.29, 1.82) is 0 Å². The van der Waals surface area contributed by atoms with Crippen molar-refractivity contribution in [2.45, 2.75) is 38.1 Å². The van der Waals surface area contributed by atoms with Crippen LogP contribution >= 0.6 is 12.4 Å². The van der Waals surface area contributed by atoms with Crippen molar-refractivity contribution >= 4 is 18.3 Å². The molecule has 5 aliphatic rings. The van der Waals surface area contributed by atoms with Crippen molar-refractivity contribution in [3.63, 3.8) is 0 Å². The summed E-state index contributed by atoms with van der Waals surface area (Å²) < 4.78 is 0. The molecule has 4 aliphatic carbocycles. The molecule has 4 saturated carbocycles. The molecule has 1 aliphatic heterocycles. The molecule has 1 saturated heterocycles. The SMILES string of the molecule is CN(C(=O)C1C2CC3CC(C2)CC1C3)C1CNC1.Cl. The van der Waals surface area contributed by atoms with Gasteiger partial charge in [0, 0.05) is 26.1 Å². The molecule has 5 rings (SSSR count). The lowest BCUT2D eigenvalue weighted by molar-refractivity contribution is -0.150. The van der Waals surface area contributed by atoms with E-state index in [1.54, 1.807) is 0 Å². The Morgan fingerprint density at radius 1 is 1.00 bits per heavy atom. The number of carbonyl (C=O) groups excluding carboxylic acids is 1. The first-order chi connectivity index (χ1) is 8.72. The van der Waals surface area contributed by atoms with Crippen molar-refractivity contribution in [1.82, 2.24) is 10.2 Å². The number of halogens is 1. The fraction of sp³-hybridized carbons (Fsp3) is 0.933. The molecule has 0 aromatic carbocycles. The number of hydrogen-bond donors (Lipinski definition) is 1. The smallest absolute Gasteiger partial charge is 0.226 e. The van der Waals surface area contributed by atoms with E-state index in [-0.39, 0.29) is 12.4 Å². The van der Waals surface area contributed by atoms with Gasteiger partial charge < -0.3 is 10.2 Å². The summed E-state index contributed by atoms with van der Waals surface area (Å²) in [6, 6.07) is 0.467. The van der Waals surface area contributed by atoms with Crippen LogP contribution in [0.4, 0.5) is 0 Å². The lowest BCUT2D eigenvalue weighted by Gasteiger charge is -2.54. The van der Waals surface area contributed by atoms with Gasteiger partial charge in [-0.25, -0.2) is 0 Å². The van der Waals surface area contributed by atoms with Crippen LogP contribution in [0.1, 0.15) is 32.1 Å². The molecular weight excluding hydrogens is 260 g/mol. The first-order valence-corrected chi connectivity index (χ1v) is 7.69. The van der Waals surface area contributed by atoms with E-state index in [0.717, 1.165) is 36.8 Å². The third-order valence-electron chi connectivity index (χ3n) is 6.17. The van der Waals surface area contributed by atoms with Crippen LogP contribution in [0.5, 0.6) is 0 Å². The molecule has 19 heavy (non-hydrogen) atoms. The third-order valence-corrected chi connectivity index (χ3v) is 6.17. The number of hydrogen-bond acceptors (Lipinski definition) is 2. The van der Waals surface area contributed by atoms with Crippen molar-refractivity contribution in [3.05, 3.63) is 0 Å². The summed E-state index contributed by atoms with van der Waals surface area (Å²) in [5.41, 5.74) is 0. The Hall–Kier alpha value is -0.280. The average Bonchev–Trinajstić information content (AvgIpc) is 2.24. The Labute approximate surface area is 121 Å². The highest BCUT2D eigenvalue weighted by molar-refractivity contribution is 5.85. The lowest BCUT2D eigenvalue weighted by Crippen LogP contribution is -2.60. The summed E-state index contributed by atoms with van der Waals surface area (Å²) in [6.45, 7) is 1.99. The summed E-state index contributed by atoms with van der Waals surface area (Å²) in [5, 5.41) is 3.27. The highest BCUT2D eigenvalue weighted by Crippen LogP contribution is 2.56. The highest BCUT2D eigenvalue weighted by atomic mass is 35.5. The van der Waals surface area contributed by atoms with Crippen LogP contribution in [0.15, 0.2) is 0 Å². The predicted molar refractivity (Wildman–Crippen MR) is 77.2 cm³/mol. The maximum atomic E-state index is 12.8. The Morgan fingerprint density at radius 2 is 1.53 bits per heavy atom. The molecule has 0 atom stereocenters. The number of nitrogens with one attached hydrogen (secondary N) is 1. The summed E-state index contributed by atoms with van der Waals surface area (Å²) in [4.78, 5) is 14.8. The second kappa shape index (κ2) is 4.92. The van der Waals surface area contributed by atoms with Crippen molar-refractivity contribution in [2.75, 3.05) is 20.1 Å². The van der Waals surface area contributed by atoms with Crippen LogP contribution in [0, 0.1) is 29.6 Å². The second-order valence-corrected chi connectivity index (χ2v) is 7.22. The number of carbonyl (C=O) groups is 1. The monoisotopic (exact) mass is 284 g/mol. The van der Waals surface area contributed by atoms with E-state index in [1.807, 2.05) is 7.05 Å². The maximum absolute atomic E-state index is 12.8. The Morgan fingerprint density at radius 3 is 1.95 bits per heavy atom. The first kappa shape index (κ1) is 13.7. The van der Waals surface area contributed by atoms with Gasteiger partial charge >= 0.3 is 0 Å². The number of amides is 1. The topological polar surface area (TPSA) is 32.3 Å². The van der Waals surface area contributed by atoms with Crippen LogP contribution < -0.4 is 5.32 Å². The minimum Gasteiger partial charge on any atom is -0.340 e. The van der Waals surface area contributed by atoms with Crippen molar-refractivity contribution < 1.29 is 4.79 Å². The van der Waals surface area contributed by atoms with Gasteiger partial charge in [0.2, 0.25) is 5.91 Å². The molecule has 5 fully saturated rings. The van der Waals surface area contributed by atoms with Gasteiger partial charge in [-0.2, -0.15) is 0 Å². The molecule has 1 N–H and O–H groups in total. The quantitative estimate of drug-likeness (QED) is 0.840. The highest BCUT2D eigenvalue weighted by Gasteiger charge is 2.51. The van der Waals surface area contributed by atoms with E-state index in [2.05, 4.69) is 10.2 Å². The zero-order chi connectivity index (χ0) is 12.3. The minimum absolute atomic E-state index is 0. The van der Waals surface area contributed by atoms with Gasteiger partial charge in [0.05, 0.1) is 6.04 Å². The third kappa shape index (κ3) is 2.09. The predicted octanol–water partition coefficient (Wildman–Crippen LogP) is 1.91. The maximum Gasteiger partial charge on any atom is 0.226 e. The van der Waals surface area contributed by atoms with Crippen LogP contribution in [-0.2, 0) is 4.79 Å². The largest absolute Gasteiger partial charge is 0.340 e. The molecule has 0 spiro atoms. The fourth-order valence-corrected chi connectivity index (χ4v) is 5.29. The van der Waals surface area contributed by atoms with E-state index >= 15 is 0 Å².